The maximum absolute atomic E-state index is 12.0. The first-order chi connectivity index (χ1) is 9.16. The van der Waals surface area contributed by atoms with Crippen LogP contribution in [-0.2, 0) is 0 Å². The number of nitrogens with zero attached hydrogens (tertiary/aromatic N) is 1. The van der Waals surface area contributed by atoms with E-state index >= 15 is 0 Å². The quantitative estimate of drug-likeness (QED) is 0.908. The number of hydrogen-bond acceptors (Lipinski definition) is 2. The molecule has 1 saturated heterocycles. The second-order valence-electron chi connectivity index (χ2n) is 4.79. The lowest BCUT2D eigenvalue weighted by Gasteiger charge is -2.26. The molecule has 2 rings (SSSR count). The largest absolute Gasteiger partial charge is 0.351 e. The molecule has 1 aliphatic heterocycles. The van der Waals surface area contributed by atoms with E-state index in [2.05, 4.69) is 26.1 Å². The molecule has 3 nitrogen and oxygen atoms in total. The third-order valence-electron chi connectivity index (χ3n) is 3.34. The summed E-state index contributed by atoms with van der Waals surface area (Å²) in [6, 6.07) is 5.22. The third kappa shape index (κ3) is 4.48. The summed E-state index contributed by atoms with van der Waals surface area (Å²) in [4.78, 5) is 14.4. The molecule has 0 saturated carbocycles. The Hall–Kier alpha value is -0.580. The van der Waals surface area contributed by atoms with Crippen LogP contribution in [0.5, 0.6) is 0 Å². The molecular weight excluding hydrogens is 328 g/mol. The van der Waals surface area contributed by atoms with Crippen molar-refractivity contribution < 1.29 is 4.79 Å². The molecule has 1 amide bonds. The number of benzene rings is 1. The summed E-state index contributed by atoms with van der Waals surface area (Å²) in [5, 5.41) is 3.56. The Kier molecular flexibility index (Phi) is 5.67. The highest BCUT2D eigenvalue weighted by atomic mass is 79.9. The van der Waals surface area contributed by atoms with Crippen molar-refractivity contribution in [1.29, 1.82) is 0 Å². The zero-order valence-corrected chi connectivity index (χ0v) is 13.1. The standard InChI is InChI=1S/C14H18BrClN2O/c15-12-10-11(4-5-13(12)16)14(19)17-6-9-18-7-2-1-3-8-18/h4-5,10H,1-3,6-9H2,(H,17,19). The molecule has 19 heavy (non-hydrogen) atoms. The number of rotatable bonds is 4. The number of carbonyl (C=O) groups is 1. The van der Waals surface area contributed by atoms with Gasteiger partial charge in [-0.15, -0.1) is 0 Å². The molecule has 0 atom stereocenters. The SMILES string of the molecule is O=C(NCCN1CCCCC1)c1ccc(Cl)c(Br)c1. The lowest BCUT2D eigenvalue weighted by Crippen LogP contribution is -2.37. The number of amides is 1. The van der Waals surface area contributed by atoms with Gasteiger partial charge in [0.1, 0.15) is 0 Å². The van der Waals surface area contributed by atoms with Gasteiger partial charge >= 0.3 is 0 Å². The Bertz CT molecular complexity index is 447. The third-order valence-corrected chi connectivity index (χ3v) is 4.56. The first kappa shape index (κ1) is 14.8. The van der Waals surface area contributed by atoms with E-state index < -0.39 is 0 Å². The molecule has 0 bridgehead atoms. The van der Waals surface area contributed by atoms with Crippen molar-refractivity contribution in [2.24, 2.45) is 0 Å². The molecule has 1 aromatic rings. The Morgan fingerprint density at radius 1 is 1.32 bits per heavy atom. The van der Waals surface area contributed by atoms with Gasteiger partial charge in [0.15, 0.2) is 0 Å². The highest BCUT2D eigenvalue weighted by molar-refractivity contribution is 9.10. The van der Waals surface area contributed by atoms with E-state index in [1.165, 1.54) is 19.3 Å². The molecule has 0 radical (unpaired) electrons. The minimum atomic E-state index is -0.0469. The Morgan fingerprint density at radius 3 is 2.74 bits per heavy atom. The van der Waals surface area contributed by atoms with E-state index in [-0.39, 0.29) is 5.91 Å². The second-order valence-corrected chi connectivity index (χ2v) is 6.05. The minimum Gasteiger partial charge on any atom is -0.351 e. The first-order valence-corrected chi connectivity index (χ1v) is 7.79. The van der Waals surface area contributed by atoms with Gasteiger partial charge in [-0.25, -0.2) is 0 Å². The molecule has 1 aliphatic rings. The zero-order valence-electron chi connectivity index (χ0n) is 10.8. The van der Waals surface area contributed by atoms with Crippen LogP contribution in [0.1, 0.15) is 29.6 Å². The fourth-order valence-electron chi connectivity index (χ4n) is 2.25. The predicted molar refractivity (Wildman–Crippen MR) is 81.8 cm³/mol. The Balaban J connectivity index is 1.78. The number of nitrogens with one attached hydrogen (secondary N) is 1. The van der Waals surface area contributed by atoms with Crippen LogP contribution in [0.2, 0.25) is 5.02 Å². The van der Waals surface area contributed by atoms with Gasteiger partial charge in [-0.1, -0.05) is 18.0 Å². The fourth-order valence-corrected chi connectivity index (χ4v) is 2.75. The van der Waals surface area contributed by atoms with Crippen molar-refractivity contribution in [2.75, 3.05) is 26.2 Å². The average molecular weight is 346 g/mol. The topological polar surface area (TPSA) is 32.3 Å². The van der Waals surface area contributed by atoms with Gasteiger partial charge in [0.25, 0.3) is 5.91 Å². The van der Waals surface area contributed by atoms with Crippen molar-refractivity contribution in [3.8, 4) is 0 Å². The molecule has 0 aliphatic carbocycles. The monoisotopic (exact) mass is 344 g/mol. The van der Waals surface area contributed by atoms with Crippen LogP contribution in [0.4, 0.5) is 0 Å². The van der Waals surface area contributed by atoms with Crippen molar-refractivity contribution in [2.45, 2.75) is 19.3 Å². The summed E-state index contributed by atoms with van der Waals surface area (Å²) in [5.74, 6) is -0.0469. The van der Waals surface area contributed by atoms with Crippen molar-refractivity contribution in [3.63, 3.8) is 0 Å². The van der Waals surface area contributed by atoms with E-state index in [1.54, 1.807) is 18.2 Å². The Morgan fingerprint density at radius 2 is 2.05 bits per heavy atom. The summed E-state index contributed by atoms with van der Waals surface area (Å²) >= 11 is 9.23. The zero-order chi connectivity index (χ0) is 13.7. The maximum Gasteiger partial charge on any atom is 0.251 e. The van der Waals surface area contributed by atoms with Crippen molar-refractivity contribution in [3.05, 3.63) is 33.3 Å². The molecule has 1 fully saturated rings. The number of carbonyl (C=O) groups excluding carboxylic acids is 1. The normalized spacial score (nSPS) is 16.3. The smallest absolute Gasteiger partial charge is 0.251 e. The summed E-state index contributed by atoms with van der Waals surface area (Å²) in [5.41, 5.74) is 0.634. The number of hydrogen-bond donors (Lipinski definition) is 1. The van der Waals surface area contributed by atoms with Crippen LogP contribution < -0.4 is 5.32 Å². The highest BCUT2D eigenvalue weighted by Crippen LogP contribution is 2.23. The minimum absolute atomic E-state index is 0.0469. The van der Waals surface area contributed by atoms with Gasteiger partial charge in [0, 0.05) is 23.1 Å². The molecule has 1 heterocycles. The molecule has 5 heteroatoms. The molecular formula is C14H18BrClN2O. The lowest BCUT2D eigenvalue weighted by atomic mass is 10.1. The molecule has 0 aromatic heterocycles. The predicted octanol–water partition coefficient (Wildman–Crippen LogP) is 3.32. The Labute approximate surface area is 127 Å². The fraction of sp³-hybridized carbons (Fsp3) is 0.500. The van der Waals surface area contributed by atoms with Gasteiger partial charge in [0.05, 0.1) is 5.02 Å². The summed E-state index contributed by atoms with van der Waals surface area (Å²) in [6.45, 7) is 3.93. The van der Waals surface area contributed by atoms with E-state index in [9.17, 15) is 4.79 Å². The lowest BCUT2D eigenvalue weighted by molar-refractivity contribution is 0.0946. The molecule has 0 spiro atoms. The van der Waals surface area contributed by atoms with E-state index in [0.29, 0.717) is 17.1 Å². The van der Waals surface area contributed by atoms with Gasteiger partial charge < -0.3 is 10.2 Å². The van der Waals surface area contributed by atoms with Crippen molar-refractivity contribution >= 4 is 33.4 Å². The number of piperidine rings is 1. The molecule has 104 valence electrons. The van der Waals surface area contributed by atoms with Crippen LogP contribution in [0, 0.1) is 0 Å². The van der Waals surface area contributed by atoms with Gasteiger partial charge in [0.2, 0.25) is 0 Å². The van der Waals surface area contributed by atoms with Crippen LogP contribution in [-0.4, -0.2) is 37.0 Å². The van der Waals surface area contributed by atoms with Gasteiger partial charge in [-0.2, -0.15) is 0 Å². The van der Waals surface area contributed by atoms with Gasteiger partial charge in [-0.3, -0.25) is 4.79 Å². The first-order valence-electron chi connectivity index (χ1n) is 6.62. The average Bonchev–Trinajstić information content (AvgIpc) is 2.43. The van der Waals surface area contributed by atoms with E-state index in [1.807, 2.05) is 0 Å². The van der Waals surface area contributed by atoms with Crippen LogP contribution >= 0.6 is 27.5 Å². The number of halogens is 2. The highest BCUT2D eigenvalue weighted by Gasteiger charge is 2.11. The van der Waals surface area contributed by atoms with Crippen molar-refractivity contribution in [1.82, 2.24) is 10.2 Å². The summed E-state index contributed by atoms with van der Waals surface area (Å²) < 4.78 is 0.748. The molecule has 1 N–H and O–H groups in total. The molecule has 0 unspecified atom stereocenters. The van der Waals surface area contributed by atoms with Crippen LogP contribution in [0.25, 0.3) is 0 Å². The van der Waals surface area contributed by atoms with Gasteiger partial charge in [-0.05, 0) is 60.1 Å². The summed E-state index contributed by atoms with van der Waals surface area (Å²) in [6.07, 6.45) is 3.89. The van der Waals surface area contributed by atoms with Crippen LogP contribution in [0.15, 0.2) is 22.7 Å². The number of likely N-dealkylation sites (tertiary alicyclic amines) is 1. The van der Waals surface area contributed by atoms with Crippen LogP contribution in [0.3, 0.4) is 0 Å². The van der Waals surface area contributed by atoms with E-state index in [4.69, 9.17) is 11.6 Å². The molecule has 1 aromatic carbocycles. The summed E-state index contributed by atoms with van der Waals surface area (Å²) in [7, 11) is 0. The maximum atomic E-state index is 12.0. The second kappa shape index (κ2) is 7.27. The van der Waals surface area contributed by atoms with E-state index in [0.717, 1.165) is 24.1 Å².